The molecule has 3 aromatic carbocycles. The van der Waals surface area contributed by atoms with Crippen molar-refractivity contribution < 1.29 is 80.6 Å². The Labute approximate surface area is 823 Å². The number of hydrogen-bond donors (Lipinski definition) is 7. The number of carbonyl (C=O) groups is 4. The number of methoxy groups -OCH3 is 1. The zero-order valence-electron chi connectivity index (χ0n) is 81.9. The first-order valence-electron chi connectivity index (χ1n) is 46.9. The predicted octanol–water partition coefficient (Wildman–Crippen LogP) is 13.9. The van der Waals surface area contributed by atoms with Crippen molar-refractivity contribution in [2.24, 2.45) is 35.3 Å². The van der Waals surface area contributed by atoms with Crippen LogP contribution >= 0.6 is 0 Å². The number of halogens is 2. The fourth-order valence-corrected chi connectivity index (χ4v) is 23.2. The number of hydrogen-bond acceptors (Lipinski definition) is 30. The largest absolute Gasteiger partial charge is 0.496 e. The number of aromatic nitrogens is 7. The maximum absolute atomic E-state index is 15.2. The minimum atomic E-state index is -4.35. The summed E-state index contributed by atoms with van der Waals surface area (Å²) in [4.78, 5) is 90.8. The lowest BCUT2D eigenvalue weighted by Gasteiger charge is -2.34. The van der Waals surface area contributed by atoms with Crippen molar-refractivity contribution in [3.05, 3.63) is 215 Å². The van der Waals surface area contributed by atoms with Crippen molar-refractivity contribution in [1.82, 2.24) is 58.1 Å². The van der Waals surface area contributed by atoms with Crippen LogP contribution in [0.4, 0.5) is 43.7 Å². The highest BCUT2D eigenvalue weighted by Gasteiger charge is 2.45. The Bertz CT molecular complexity index is 6780. The number of ether oxygens (including phenoxy) is 4. The molecular formula is C100H125F2N19O16S4. The summed E-state index contributed by atoms with van der Waals surface area (Å²) in [7, 11) is -15.3. The molecule has 10 aromatic rings. The Hall–Kier alpha value is -12.8. The Kier molecular flexibility index (Phi) is 32.7. The number of nitrogens with one attached hydrogen (secondary N) is 4. The zero-order valence-corrected chi connectivity index (χ0v) is 85.1. The molecule has 16 rings (SSSR count). The van der Waals surface area contributed by atoms with Gasteiger partial charge in [-0.25, -0.2) is 61.0 Å². The third-order valence-electron chi connectivity index (χ3n) is 25.7. The van der Waals surface area contributed by atoms with E-state index in [9.17, 15) is 57.2 Å². The van der Waals surface area contributed by atoms with Crippen LogP contribution in [0.25, 0.3) is 22.5 Å². The highest BCUT2D eigenvalue weighted by atomic mass is 32.2. The second kappa shape index (κ2) is 43.7. The molecule has 2 unspecified atom stereocenters. The first kappa shape index (κ1) is 105. The zero-order chi connectivity index (χ0) is 102. The van der Waals surface area contributed by atoms with E-state index in [4.69, 9.17) is 46.1 Å². The molecule has 0 bridgehead atoms. The molecule has 10 N–H and O–H groups in total. The quantitative estimate of drug-likeness (QED) is 0.0251. The summed E-state index contributed by atoms with van der Waals surface area (Å²) in [5, 5.41) is -0.736. The Morgan fingerprint density at radius 2 is 1.04 bits per heavy atom. The fraction of sp³-hybridized carbons (Fsp3) is 0.430. The maximum atomic E-state index is 15.2. The van der Waals surface area contributed by atoms with Crippen LogP contribution < -0.4 is 74.6 Å². The Balaban J connectivity index is 0.000000158. The average Bonchev–Trinajstić information content (AvgIpc) is 1.68. The topological polar surface area (TPSA) is 474 Å². The summed E-state index contributed by atoms with van der Waals surface area (Å²) in [5.74, 6) is -0.251. The van der Waals surface area contributed by atoms with Gasteiger partial charge in [-0.2, -0.15) is 39.5 Å². The van der Waals surface area contributed by atoms with Crippen molar-refractivity contribution in [2.45, 2.75) is 205 Å². The van der Waals surface area contributed by atoms with E-state index in [0.717, 1.165) is 86.2 Å². The molecule has 35 nitrogen and oxygen atoms in total. The maximum Gasteiger partial charge on any atom is 0.304 e. The molecule has 6 fully saturated rings. The second-order valence-electron chi connectivity index (χ2n) is 38.8. The van der Waals surface area contributed by atoms with Gasteiger partial charge < -0.3 is 55.7 Å². The summed E-state index contributed by atoms with van der Waals surface area (Å²) in [6.07, 6.45) is 11.2. The van der Waals surface area contributed by atoms with Crippen LogP contribution in [-0.2, 0) is 46.9 Å². The number of amides is 4. The molecule has 12 heterocycles. The summed E-state index contributed by atoms with van der Waals surface area (Å²) in [5.41, 5.74) is 21.3. The number of sulfonamides is 3. The first-order chi connectivity index (χ1) is 66.5. The number of para-hydroxylation sites is 1. The third-order valence-corrected chi connectivity index (χ3v) is 31.0. The third kappa shape index (κ3) is 25.4. The molecule has 1 aliphatic carbocycles. The van der Waals surface area contributed by atoms with E-state index in [0.29, 0.717) is 115 Å². The van der Waals surface area contributed by atoms with Gasteiger partial charge in [-0.3, -0.25) is 19.2 Å². The number of pyridine rings is 7. The van der Waals surface area contributed by atoms with Crippen molar-refractivity contribution in [2.75, 3.05) is 90.6 Å². The lowest BCUT2D eigenvalue weighted by atomic mass is 9.97. The molecule has 0 radical (unpaired) electrons. The Morgan fingerprint density at radius 1 is 0.496 bits per heavy atom. The molecule has 5 aliphatic heterocycles. The lowest BCUT2D eigenvalue weighted by Crippen LogP contribution is -2.44. The second-order valence-corrected chi connectivity index (χ2v) is 45.4. The molecule has 41 heteroatoms. The molecule has 6 atom stereocenters. The van der Waals surface area contributed by atoms with Gasteiger partial charge >= 0.3 is 10.2 Å². The van der Waals surface area contributed by atoms with Gasteiger partial charge in [-0.05, 0) is 252 Å². The fourth-order valence-electron chi connectivity index (χ4n) is 19.1. The molecule has 4 amide bonds. The monoisotopic (exact) mass is 2010 g/mol. The van der Waals surface area contributed by atoms with E-state index >= 15 is 4.39 Å². The van der Waals surface area contributed by atoms with Crippen LogP contribution in [-0.4, -0.2) is 185 Å². The number of aryl methyl sites for hydroxylation is 2. The van der Waals surface area contributed by atoms with Crippen LogP contribution in [0.15, 0.2) is 179 Å². The van der Waals surface area contributed by atoms with E-state index in [1.165, 1.54) is 65.1 Å². The number of anilines is 6. The van der Waals surface area contributed by atoms with Gasteiger partial charge in [-0.15, -0.1) is 0 Å². The van der Waals surface area contributed by atoms with Crippen LogP contribution in [0.2, 0.25) is 0 Å². The number of rotatable bonds is 27. The highest BCUT2D eigenvalue weighted by molar-refractivity contribution is 7.90. The summed E-state index contributed by atoms with van der Waals surface area (Å²) in [6, 6.07) is 39.6. The van der Waals surface area contributed by atoms with Gasteiger partial charge in [0.05, 0.1) is 47.4 Å². The van der Waals surface area contributed by atoms with Gasteiger partial charge in [0.15, 0.2) is 15.9 Å². The van der Waals surface area contributed by atoms with Gasteiger partial charge in [0.1, 0.15) is 69.8 Å². The van der Waals surface area contributed by atoms with E-state index in [1.807, 2.05) is 90.4 Å². The van der Waals surface area contributed by atoms with E-state index in [1.54, 1.807) is 74.8 Å². The first-order valence-corrected chi connectivity index (χ1v) is 52.8. The number of carbonyl (C=O) groups excluding carboxylic acids is 4. The van der Waals surface area contributed by atoms with Crippen molar-refractivity contribution >= 4 is 98.8 Å². The number of benzene rings is 3. The molecule has 1 saturated carbocycles. The number of nitrogens with two attached hydrogens (primary N) is 3. The van der Waals surface area contributed by atoms with E-state index < -0.39 is 80.6 Å². The summed E-state index contributed by atoms with van der Waals surface area (Å²) >= 11 is 0. The molecule has 754 valence electrons. The van der Waals surface area contributed by atoms with E-state index in [-0.39, 0.29) is 110 Å². The lowest BCUT2D eigenvalue weighted by molar-refractivity contribution is 0.0970. The summed E-state index contributed by atoms with van der Waals surface area (Å²) in [6.45, 7) is 32.8. The van der Waals surface area contributed by atoms with Crippen molar-refractivity contribution in [1.29, 1.82) is 0 Å². The smallest absolute Gasteiger partial charge is 0.304 e. The normalized spacial score (nSPS) is 19.1. The number of nitrogens with zero attached hydrogens (tertiary/aromatic N) is 12. The molecule has 0 spiro atoms. The average molecular weight is 2020 g/mol. The number of nitrogen functional groups attached to an aromatic ring is 2. The van der Waals surface area contributed by atoms with Crippen LogP contribution in [0, 0.1) is 55.1 Å². The van der Waals surface area contributed by atoms with Crippen molar-refractivity contribution in [3.8, 4) is 45.8 Å². The molecular weight excluding hydrogens is 1890 g/mol. The molecule has 141 heavy (non-hydrogen) atoms. The standard InChI is InChI=1S/C26H30N4O5S.C25H34FN5O4S.C25H29N5O4S.C24H32FN5O3S/c1-18-15-26(2,3)30(16-18)24-20(10-8-14-27-24)25(31)29-36(32,33)23-13-7-12-22(28-23)35-17-19-9-5-6-11-21(19)34-4;1-15-13-25(3,4)31(14-15)22-18(23(32)30-36(33,34)21-11-7-10-20(27)28-21)12-19(26)24(29-22)35-16(2)17-8-5-6-9-17;1-4-34-21-10-7-16(2)14-19(21)20-9-8-18(24(28-20)30-13-11-17(3)15-30)25(31)29-35(32,33)22-6-5-12-27-23(22)26;1-15-5-6-18(20(25)11-15)21-8-7-19(22(27-21)30-13-16(2)12-24(30,3)4)23(31)28-34(32,33)29-10-9-17(26)14-29/h5-14,18H,15-17H2,1-4H3,(H,29,31);7,10-12,15-17H,5-6,8-9,13-14H2,1-4H3,(H2,27,28)(H,30,32);5-10,12,14,17H,4,11,13,15H2,1-3H3,(H2,26,27)(H,29,31);5-8,11,16-17H,9-10,12-14,26H2,1-4H3,(H,28,31)/t;15-,16?;17-;16-,17-/m.000/s1. The molecule has 6 aliphatic rings. The molecule has 7 aromatic heterocycles. The predicted molar refractivity (Wildman–Crippen MR) is 535 cm³/mol. The van der Waals surface area contributed by atoms with Gasteiger partial charge in [-0.1, -0.05) is 88.6 Å². The van der Waals surface area contributed by atoms with Gasteiger partial charge in [0, 0.05) is 104 Å². The van der Waals surface area contributed by atoms with Crippen LogP contribution in [0.1, 0.15) is 199 Å². The SMILES string of the molecule is CC(Oc1nc(N2C[C@@H](C)CC2(C)C)c(C(=O)NS(=O)(=O)c2cccc(N)n2)cc1F)C1CCCC1.CCOc1ccc(C)cc1-c1ccc(C(=O)NS(=O)(=O)c2cccnc2N)c(N2CC[C@H](C)C2)n1.COc1ccccc1COc1cccc(S(=O)(=O)NC(=O)c2cccnc2N2CC(C)CC2(C)C)n1.Cc1ccc(-c2ccc(C(=O)NS(=O)(=O)N3CC[C@H](N)C3)c(N3C[C@@H](C)CC3(C)C)n2)c(F)c1. The van der Waals surface area contributed by atoms with Crippen LogP contribution in [0.5, 0.6) is 23.3 Å². The molecule has 5 saturated heterocycles. The van der Waals surface area contributed by atoms with Gasteiger partial charge in [0.2, 0.25) is 5.88 Å². The summed E-state index contributed by atoms with van der Waals surface area (Å²) < 4.78 is 165. The minimum Gasteiger partial charge on any atom is -0.496 e. The van der Waals surface area contributed by atoms with E-state index in [2.05, 4.69) is 99.4 Å². The van der Waals surface area contributed by atoms with Gasteiger partial charge in [0.25, 0.3) is 59.6 Å². The van der Waals surface area contributed by atoms with Crippen LogP contribution in [0.3, 0.4) is 0 Å². The minimum absolute atomic E-state index is 0.00980. The highest BCUT2D eigenvalue weighted by Crippen LogP contribution is 2.44. The van der Waals surface area contributed by atoms with Crippen molar-refractivity contribution in [3.63, 3.8) is 0 Å². The Morgan fingerprint density at radius 3 is 1.61 bits per heavy atom.